The minimum absolute atomic E-state index is 0.0968. The normalized spacial score (nSPS) is 10.5. The van der Waals surface area contributed by atoms with Gasteiger partial charge in [0.05, 0.1) is 4.90 Å². The molecule has 1 aromatic rings. The lowest BCUT2D eigenvalue weighted by molar-refractivity contribution is 1.40. The molecule has 0 aromatic heterocycles. The smallest absolute Gasteiger partial charge is 0.192 e. The van der Waals surface area contributed by atoms with Crippen LogP contribution in [-0.2, 0) is 0 Å². The van der Waals surface area contributed by atoms with E-state index in [4.69, 9.17) is 0 Å². The lowest BCUT2D eigenvalue weighted by Crippen LogP contribution is -1.96. The molecule has 0 aliphatic heterocycles. The summed E-state index contributed by atoms with van der Waals surface area (Å²) in [5.41, 5.74) is 0.0968. The first-order chi connectivity index (χ1) is 6.34. The van der Waals surface area contributed by atoms with Gasteiger partial charge in [0.2, 0.25) is 0 Å². The molecule has 0 aliphatic carbocycles. The summed E-state index contributed by atoms with van der Waals surface area (Å²) in [5.74, 6) is 0.857. The molecule has 0 N–H and O–H groups in total. The summed E-state index contributed by atoms with van der Waals surface area (Å²) in [6.45, 7) is 1.98. The molecule has 0 heterocycles. The average Bonchev–Trinajstić information content (AvgIpc) is 2.32. The maximum atomic E-state index is 11.4. The second-order valence-electron chi connectivity index (χ2n) is 2.52. The molecule has 0 aliphatic rings. The van der Waals surface area contributed by atoms with Gasteiger partial charge in [-0.2, -0.15) is 0 Å². The Morgan fingerprint density at radius 2 is 2.08 bits per heavy atom. The standard InChI is InChI=1S/C11H12OS/c1-2-3-9-13-11-8-6-4-5-7-10(11)12/h2-8H,9H2,1H3/b3-2-. The zero-order valence-corrected chi connectivity index (χ0v) is 8.38. The largest absolute Gasteiger partial charge is 0.289 e. The Hall–Kier alpha value is -1.02. The molecule has 0 amide bonds. The van der Waals surface area contributed by atoms with Crippen molar-refractivity contribution in [2.24, 2.45) is 0 Å². The van der Waals surface area contributed by atoms with Crippen LogP contribution in [0.3, 0.4) is 0 Å². The van der Waals surface area contributed by atoms with Gasteiger partial charge in [-0.15, -0.1) is 11.8 Å². The number of hydrogen-bond acceptors (Lipinski definition) is 2. The van der Waals surface area contributed by atoms with Gasteiger partial charge in [0.15, 0.2) is 5.43 Å². The summed E-state index contributed by atoms with van der Waals surface area (Å²) >= 11 is 1.57. The fraction of sp³-hybridized carbons (Fsp3) is 0.182. The highest BCUT2D eigenvalue weighted by atomic mass is 32.2. The molecule has 1 aromatic carbocycles. The zero-order valence-electron chi connectivity index (χ0n) is 7.57. The van der Waals surface area contributed by atoms with Gasteiger partial charge >= 0.3 is 0 Å². The second-order valence-corrected chi connectivity index (χ2v) is 3.58. The van der Waals surface area contributed by atoms with E-state index < -0.39 is 0 Å². The van der Waals surface area contributed by atoms with Crippen molar-refractivity contribution in [2.75, 3.05) is 5.75 Å². The van der Waals surface area contributed by atoms with Crippen molar-refractivity contribution in [3.8, 4) is 0 Å². The van der Waals surface area contributed by atoms with E-state index in [0.29, 0.717) is 0 Å². The Morgan fingerprint density at radius 3 is 2.85 bits per heavy atom. The van der Waals surface area contributed by atoms with E-state index in [1.807, 2.05) is 37.3 Å². The molecule has 1 rings (SSSR count). The molecule has 2 heteroatoms. The van der Waals surface area contributed by atoms with Gasteiger partial charge in [0.1, 0.15) is 0 Å². The maximum Gasteiger partial charge on any atom is 0.192 e. The predicted molar refractivity (Wildman–Crippen MR) is 58.3 cm³/mol. The van der Waals surface area contributed by atoms with Gasteiger partial charge in [-0.05, 0) is 19.1 Å². The minimum atomic E-state index is 0.0968. The van der Waals surface area contributed by atoms with Crippen molar-refractivity contribution in [3.63, 3.8) is 0 Å². The van der Waals surface area contributed by atoms with Crippen LogP contribution < -0.4 is 5.43 Å². The van der Waals surface area contributed by atoms with Crippen molar-refractivity contribution in [1.29, 1.82) is 0 Å². The van der Waals surface area contributed by atoms with Crippen molar-refractivity contribution in [3.05, 3.63) is 52.7 Å². The van der Waals surface area contributed by atoms with Gasteiger partial charge in [0.25, 0.3) is 0 Å². The Labute approximate surface area is 82.5 Å². The van der Waals surface area contributed by atoms with Crippen LogP contribution in [0.5, 0.6) is 0 Å². The molecule has 0 atom stereocenters. The van der Waals surface area contributed by atoms with Gasteiger partial charge in [-0.1, -0.05) is 30.4 Å². The van der Waals surface area contributed by atoms with Crippen molar-refractivity contribution >= 4 is 11.8 Å². The quantitative estimate of drug-likeness (QED) is 0.541. The Morgan fingerprint density at radius 1 is 1.31 bits per heavy atom. The molecule has 0 saturated carbocycles. The van der Waals surface area contributed by atoms with Crippen LogP contribution in [0.2, 0.25) is 0 Å². The first-order valence-electron chi connectivity index (χ1n) is 4.18. The highest BCUT2D eigenvalue weighted by Gasteiger charge is 1.93. The molecular formula is C11H12OS. The van der Waals surface area contributed by atoms with Crippen molar-refractivity contribution < 1.29 is 0 Å². The predicted octanol–water partition coefficient (Wildman–Crippen LogP) is 2.72. The van der Waals surface area contributed by atoms with E-state index in [2.05, 4.69) is 0 Å². The third-order valence-electron chi connectivity index (χ3n) is 1.53. The van der Waals surface area contributed by atoms with Gasteiger partial charge < -0.3 is 0 Å². The third kappa shape index (κ3) is 3.47. The van der Waals surface area contributed by atoms with Crippen molar-refractivity contribution in [1.82, 2.24) is 0 Å². The summed E-state index contributed by atoms with van der Waals surface area (Å²) in [6.07, 6.45) is 4.03. The number of rotatable bonds is 3. The van der Waals surface area contributed by atoms with Gasteiger partial charge in [0, 0.05) is 5.75 Å². The molecule has 0 fully saturated rings. The molecule has 0 radical (unpaired) electrons. The lowest BCUT2D eigenvalue weighted by atomic mass is 10.5. The van der Waals surface area contributed by atoms with Crippen LogP contribution in [0.1, 0.15) is 6.92 Å². The molecule has 1 nitrogen and oxygen atoms in total. The highest BCUT2D eigenvalue weighted by Crippen LogP contribution is 2.11. The number of allylic oxidation sites excluding steroid dienone is 1. The molecule has 0 unspecified atom stereocenters. The van der Waals surface area contributed by atoms with Crippen LogP contribution in [0, 0.1) is 0 Å². The third-order valence-corrected chi connectivity index (χ3v) is 2.54. The molecule has 68 valence electrons. The van der Waals surface area contributed by atoms with Crippen LogP contribution in [-0.4, -0.2) is 5.75 Å². The summed E-state index contributed by atoms with van der Waals surface area (Å²) in [4.78, 5) is 12.2. The van der Waals surface area contributed by atoms with Gasteiger partial charge in [-0.3, -0.25) is 4.79 Å². The summed E-state index contributed by atoms with van der Waals surface area (Å²) in [7, 11) is 0. The number of hydrogen-bond donors (Lipinski definition) is 0. The van der Waals surface area contributed by atoms with Crippen molar-refractivity contribution in [2.45, 2.75) is 11.8 Å². The monoisotopic (exact) mass is 192 g/mol. The maximum absolute atomic E-state index is 11.4. The van der Waals surface area contributed by atoms with E-state index in [1.165, 1.54) is 0 Å². The first-order valence-corrected chi connectivity index (χ1v) is 5.16. The molecule has 0 spiro atoms. The van der Waals surface area contributed by atoms with E-state index in [-0.39, 0.29) is 5.43 Å². The molecule has 13 heavy (non-hydrogen) atoms. The first kappa shape index (κ1) is 10.1. The van der Waals surface area contributed by atoms with E-state index in [0.717, 1.165) is 10.6 Å². The Balaban J connectivity index is 2.78. The fourth-order valence-corrected chi connectivity index (χ4v) is 1.72. The molecular weight excluding hydrogens is 180 g/mol. The molecule has 0 bridgehead atoms. The van der Waals surface area contributed by atoms with E-state index in [1.54, 1.807) is 23.9 Å². The minimum Gasteiger partial charge on any atom is -0.289 e. The lowest BCUT2D eigenvalue weighted by Gasteiger charge is -1.91. The summed E-state index contributed by atoms with van der Waals surface area (Å²) in [5, 5.41) is 0. The van der Waals surface area contributed by atoms with Crippen LogP contribution >= 0.6 is 11.8 Å². The van der Waals surface area contributed by atoms with Crippen LogP contribution in [0.4, 0.5) is 0 Å². The number of thioether (sulfide) groups is 1. The molecule has 0 saturated heterocycles. The van der Waals surface area contributed by atoms with Crippen LogP contribution in [0.25, 0.3) is 0 Å². The van der Waals surface area contributed by atoms with Crippen LogP contribution in [0.15, 0.2) is 52.2 Å². The highest BCUT2D eigenvalue weighted by molar-refractivity contribution is 7.99. The topological polar surface area (TPSA) is 17.1 Å². The van der Waals surface area contributed by atoms with Gasteiger partial charge in [-0.25, -0.2) is 0 Å². The van der Waals surface area contributed by atoms with E-state index >= 15 is 0 Å². The SMILES string of the molecule is C/C=C\CSc1cccccc1=O. The van der Waals surface area contributed by atoms with E-state index in [9.17, 15) is 4.79 Å². The second kappa shape index (κ2) is 5.60. The summed E-state index contributed by atoms with van der Waals surface area (Å²) in [6, 6.07) is 8.97. The Bertz CT molecular complexity index is 344. The average molecular weight is 192 g/mol. The Kier molecular flexibility index (Phi) is 4.33. The zero-order chi connectivity index (χ0) is 9.52. The summed E-state index contributed by atoms with van der Waals surface area (Å²) < 4.78 is 0. The fourth-order valence-electron chi connectivity index (χ4n) is 0.868.